The first-order chi connectivity index (χ1) is 14.0. The number of para-hydroxylation sites is 1. The van der Waals surface area contributed by atoms with Crippen molar-refractivity contribution in [1.29, 1.82) is 0 Å². The fourth-order valence-electron chi connectivity index (χ4n) is 2.96. The van der Waals surface area contributed by atoms with Crippen molar-refractivity contribution in [3.05, 3.63) is 80.8 Å². The Morgan fingerprint density at radius 1 is 1.14 bits per heavy atom. The molecule has 4 rings (SSSR count). The number of benzene rings is 2. The molecular formula is C21H17ClN4O2S. The molecule has 8 heteroatoms. The lowest BCUT2D eigenvalue weighted by Gasteiger charge is -2.16. The molecule has 0 saturated carbocycles. The predicted octanol–water partition coefficient (Wildman–Crippen LogP) is 3.90. The van der Waals surface area contributed by atoms with Gasteiger partial charge in [-0.2, -0.15) is 0 Å². The van der Waals surface area contributed by atoms with Crippen molar-refractivity contribution in [2.45, 2.75) is 13.0 Å². The molecule has 2 heterocycles. The fourth-order valence-corrected chi connectivity index (χ4v) is 4.10. The summed E-state index contributed by atoms with van der Waals surface area (Å²) < 4.78 is 0. The lowest BCUT2D eigenvalue weighted by molar-refractivity contribution is -0.129. The maximum atomic E-state index is 12.6. The molecular weight excluding hydrogens is 408 g/mol. The number of halogens is 1. The first-order valence-electron chi connectivity index (χ1n) is 8.92. The van der Waals surface area contributed by atoms with E-state index in [1.54, 1.807) is 25.2 Å². The molecule has 1 N–H and O–H groups in total. The van der Waals surface area contributed by atoms with Gasteiger partial charge in [-0.3, -0.25) is 9.59 Å². The number of aromatic nitrogens is 3. The van der Waals surface area contributed by atoms with E-state index in [9.17, 15) is 9.59 Å². The molecule has 1 amide bonds. The van der Waals surface area contributed by atoms with E-state index in [-0.39, 0.29) is 24.4 Å². The second kappa shape index (κ2) is 8.14. The Kier molecular flexibility index (Phi) is 5.42. The number of nitrogens with zero attached hydrogens (tertiary/aromatic N) is 3. The molecule has 0 spiro atoms. The molecule has 0 atom stereocenters. The van der Waals surface area contributed by atoms with Gasteiger partial charge >= 0.3 is 0 Å². The highest BCUT2D eigenvalue weighted by atomic mass is 35.5. The molecule has 0 unspecified atom stereocenters. The van der Waals surface area contributed by atoms with Crippen LogP contribution < -0.4 is 5.56 Å². The SMILES string of the molecule is CN(Cc1nc2ccccc2c(=O)[nH]1)C(=O)Cc1csc(-c2ccccc2Cl)n1. The highest BCUT2D eigenvalue weighted by Crippen LogP contribution is 2.30. The van der Waals surface area contributed by atoms with E-state index in [0.29, 0.717) is 27.4 Å². The Balaban J connectivity index is 1.47. The first kappa shape index (κ1) is 19.3. The summed E-state index contributed by atoms with van der Waals surface area (Å²) in [5.74, 6) is 0.330. The summed E-state index contributed by atoms with van der Waals surface area (Å²) in [5.41, 5.74) is 1.93. The zero-order valence-electron chi connectivity index (χ0n) is 15.6. The maximum absolute atomic E-state index is 12.6. The Hall–Kier alpha value is -3.03. The highest BCUT2D eigenvalue weighted by molar-refractivity contribution is 7.13. The van der Waals surface area contributed by atoms with E-state index in [1.165, 1.54) is 16.2 Å². The van der Waals surface area contributed by atoms with Crippen LogP contribution in [0.2, 0.25) is 5.02 Å². The van der Waals surface area contributed by atoms with Gasteiger partial charge in [-0.1, -0.05) is 41.9 Å². The summed E-state index contributed by atoms with van der Waals surface area (Å²) in [5, 5.41) is 3.80. The number of H-pyrrole nitrogens is 1. The van der Waals surface area contributed by atoms with Gasteiger partial charge in [0.15, 0.2) is 0 Å². The Labute approximate surface area is 175 Å². The minimum absolute atomic E-state index is 0.114. The van der Waals surface area contributed by atoms with Crippen LogP contribution in [-0.4, -0.2) is 32.8 Å². The van der Waals surface area contributed by atoms with Crippen molar-refractivity contribution in [1.82, 2.24) is 19.9 Å². The summed E-state index contributed by atoms with van der Waals surface area (Å²) in [6.07, 6.45) is 0.162. The largest absolute Gasteiger partial charge is 0.338 e. The summed E-state index contributed by atoms with van der Waals surface area (Å²) in [4.78, 5) is 38.1. The van der Waals surface area contributed by atoms with Gasteiger partial charge in [-0.05, 0) is 18.2 Å². The van der Waals surface area contributed by atoms with Crippen LogP contribution in [0, 0.1) is 0 Å². The molecule has 4 aromatic rings. The summed E-state index contributed by atoms with van der Waals surface area (Å²) in [6, 6.07) is 14.6. The first-order valence-corrected chi connectivity index (χ1v) is 10.2. The lowest BCUT2D eigenvalue weighted by Crippen LogP contribution is -2.29. The molecule has 0 aliphatic heterocycles. The van der Waals surface area contributed by atoms with E-state index < -0.39 is 0 Å². The van der Waals surface area contributed by atoms with E-state index >= 15 is 0 Å². The molecule has 0 fully saturated rings. The van der Waals surface area contributed by atoms with Crippen LogP contribution >= 0.6 is 22.9 Å². The number of hydrogen-bond donors (Lipinski definition) is 1. The molecule has 0 saturated heterocycles. The van der Waals surface area contributed by atoms with Crippen LogP contribution in [-0.2, 0) is 17.8 Å². The number of fused-ring (bicyclic) bond motifs is 1. The quantitative estimate of drug-likeness (QED) is 0.527. The Morgan fingerprint density at radius 3 is 2.72 bits per heavy atom. The average molecular weight is 425 g/mol. The predicted molar refractivity (Wildman–Crippen MR) is 115 cm³/mol. The number of aromatic amines is 1. The van der Waals surface area contributed by atoms with Crippen molar-refractivity contribution in [2.75, 3.05) is 7.05 Å². The van der Waals surface area contributed by atoms with Gasteiger partial charge < -0.3 is 9.88 Å². The number of likely N-dealkylation sites (N-methyl/N-ethyl adjacent to an activating group) is 1. The summed E-state index contributed by atoms with van der Waals surface area (Å²) in [7, 11) is 1.68. The highest BCUT2D eigenvalue weighted by Gasteiger charge is 2.15. The number of rotatable bonds is 5. The molecule has 0 radical (unpaired) electrons. The Morgan fingerprint density at radius 2 is 1.90 bits per heavy atom. The Bertz CT molecular complexity index is 1250. The van der Waals surface area contributed by atoms with Gasteiger partial charge in [0, 0.05) is 18.0 Å². The molecule has 146 valence electrons. The zero-order chi connectivity index (χ0) is 20.4. The molecule has 0 aliphatic carbocycles. The third-order valence-corrected chi connectivity index (χ3v) is 5.72. The molecule has 6 nitrogen and oxygen atoms in total. The third-order valence-electron chi connectivity index (χ3n) is 4.46. The van der Waals surface area contributed by atoms with Gasteiger partial charge in [0.25, 0.3) is 5.56 Å². The molecule has 0 aliphatic rings. The van der Waals surface area contributed by atoms with Crippen molar-refractivity contribution in [3.63, 3.8) is 0 Å². The number of thiazole rings is 1. The topological polar surface area (TPSA) is 79.0 Å². The van der Waals surface area contributed by atoms with E-state index in [1.807, 2.05) is 35.7 Å². The van der Waals surface area contributed by atoms with Crippen molar-refractivity contribution < 1.29 is 4.79 Å². The molecule has 29 heavy (non-hydrogen) atoms. The monoisotopic (exact) mass is 424 g/mol. The lowest BCUT2D eigenvalue weighted by atomic mass is 10.2. The maximum Gasteiger partial charge on any atom is 0.258 e. The standard InChI is InChI=1S/C21H17ClN4O2S/c1-26(11-18-24-17-9-5-3-7-15(17)20(28)25-18)19(27)10-13-12-29-21(23-13)14-6-2-4-8-16(14)22/h2-9,12H,10-11H2,1H3,(H,24,25,28). The van der Waals surface area contributed by atoms with Crippen LogP contribution in [0.25, 0.3) is 21.5 Å². The van der Waals surface area contributed by atoms with Crippen molar-refractivity contribution in [2.24, 2.45) is 0 Å². The number of nitrogens with one attached hydrogen (secondary N) is 1. The van der Waals surface area contributed by atoms with Crippen LogP contribution in [0.1, 0.15) is 11.5 Å². The third kappa shape index (κ3) is 4.21. The second-order valence-corrected chi connectivity index (χ2v) is 7.85. The van der Waals surface area contributed by atoms with Crippen LogP contribution in [0.3, 0.4) is 0 Å². The van der Waals surface area contributed by atoms with Gasteiger partial charge in [-0.25, -0.2) is 9.97 Å². The van der Waals surface area contributed by atoms with Crippen molar-refractivity contribution in [3.8, 4) is 10.6 Å². The van der Waals surface area contributed by atoms with Crippen LogP contribution in [0.5, 0.6) is 0 Å². The number of amides is 1. The normalized spacial score (nSPS) is 11.0. The molecule has 0 bridgehead atoms. The average Bonchev–Trinajstić information content (AvgIpc) is 3.16. The fraction of sp³-hybridized carbons (Fsp3) is 0.143. The van der Waals surface area contributed by atoms with E-state index in [4.69, 9.17) is 11.6 Å². The summed E-state index contributed by atoms with van der Waals surface area (Å²) >= 11 is 7.68. The number of carbonyl (C=O) groups is 1. The van der Waals surface area contributed by atoms with E-state index in [0.717, 1.165) is 10.6 Å². The van der Waals surface area contributed by atoms with Crippen LogP contribution in [0.15, 0.2) is 58.7 Å². The second-order valence-electron chi connectivity index (χ2n) is 6.58. The van der Waals surface area contributed by atoms with Gasteiger partial charge in [0.2, 0.25) is 5.91 Å². The minimum atomic E-state index is -0.213. The van der Waals surface area contributed by atoms with Gasteiger partial charge in [0.1, 0.15) is 10.8 Å². The zero-order valence-corrected chi connectivity index (χ0v) is 17.1. The van der Waals surface area contributed by atoms with Crippen molar-refractivity contribution >= 4 is 39.7 Å². The van der Waals surface area contributed by atoms with Gasteiger partial charge in [-0.15, -0.1) is 11.3 Å². The number of hydrogen-bond acceptors (Lipinski definition) is 5. The molecule has 2 aromatic heterocycles. The van der Waals surface area contributed by atoms with Gasteiger partial charge in [0.05, 0.1) is 34.6 Å². The smallest absolute Gasteiger partial charge is 0.258 e. The number of carbonyl (C=O) groups excluding carboxylic acids is 1. The van der Waals surface area contributed by atoms with Crippen LogP contribution in [0.4, 0.5) is 0 Å². The summed E-state index contributed by atoms with van der Waals surface area (Å²) in [6.45, 7) is 0.209. The molecule has 2 aromatic carbocycles. The minimum Gasteiger partial charge on any atom is -0.338 e. The van der Waals surface area contributed by atoms with E-state index in [2.05, 4.69) is 15.0 Å².